The van der Waals surface area contributed by atoms with E-state index in [1.54, 1.807) is 0 Å². The smallest absolute Gasteiger partial charge is 0.0439 e. The second kappa shape index (κ2) is 6.00. The van der Waals surface area contributed by atoms with E-state index in [0.29, 0.717) is 0 Å². The van der Waals surface area contributed by atoms with E-state index in [1.807, 2.05) is 0 Å². The van der Waals surface area contributed by atoms with Crippen LogP contribution in [0.1, 0.15) is 24.8 Å². The van der Waals surface area contributed by atoms with Gasteiger partial charge in [-0.05, 0) is 30.9 Å². The molecule has 0 N–H and O–H groups in total. The third-order valence-corrected chi connectivity index (χ3v) is 3.25. The van der Waals surface area contributed by atoms with Gasteiger partial charge in [0.1, 0.15) is 0 Å². The number of rotatable bonds is 3. The highest BCUT2D eigenvalue weighted by Crippen LogP contribution is 2.24. The van der Waals surface area contributed by atoms with Crippen LogP contribution in [0.15, 0.2) is 30.3 Å². The van der Waals surface area contributed by atoms with Gasteiger partial charge >= 0.3 is 0 Å². The Balaban J connectivity index is 2.20. The van der Waals surface area contributed by atoms with E-state index in [0.717, 1.165) is 5.75 Å². The Kier molecular flexibility index (Phi) is 4.34. The Hall–Kier alpha value is -0.890. The van der Waals surface area contributed by atoms with E-state index in [2.05, 4.69) is 53.9 Å². The molecule has 0 spiro atoms. The maximum atomic E-state index is 4.21. The molecule has 0 atom stereocenters. The van der Waals surface area contributed by atoms with Gasteiger partial charge in [-0.15, -0.1) is 0 Å². The Bertz CT molecular complexity index is 354. The first kappa shape index (κ1) is 11.6. The van der Waals surface area contributed by atoms with Crippen molar-refractivity contribution in [3.8, 4) is 0 Å². The van der Waals surface area contributed by atoms with E-state index >= 15 is 0 Å². The van der Waals surface area contributed by atoms with Crippen LogP contribution in [0.3, 0.4) is 0 Å². The van der Waals surface area contributed by atoms with Gasteiger partial charge in [-0.2, -0.15) is 12.6 Å². The Morgan fingerprint density at radius 3 is 2.62 bits per heavy atom. The van der Waals surface area contributed by atoms with Gasteiger partial charge in [0.2, 0.25) is 0 Å². The van der Waals surface area contributed by atoms with Gasteiger partial charge < -0.3 is 4.90 Å². The van der Waals surface area contributed by atoms with Crippen LogP contribution in [0.25, 0.3) is 6.08 Å². The molecule has 0 amide bonds. The highest BCUT2D eigenvalue weighted by Gasteiger charge is 2.12. The van der Waals surface area contributed by atoms with Gasteiger partial charge in [0, 0.05) is 24.5 Å². The lowest BCUT2D eigenvalue weighted by atomic mass is 10.1. The predicted octanol–water partition coefficient (Wildman–Crippen LogP) is 3.62. The van der Waals surface area contributed by atoms with Gasteiger partial charge in [-0.1, -0.05) is 30.4 Å². The van der Waals surface area contributed by atoms with Crippen LogP contribution in [0.5, 0.6) is 0 Å². The number of para-hydroxylation sites is 1. The molecule has 1 aromatic rings. The monoisotopic (exact) mass is 233 g/mol. The van der Waals surface area contributed by atoms with Gasteiger partial charge in [-0.25, -0.2) is 0 Å². The summed E-state index contributed by atoms with van der Waals surface area (Å²) in [6, 6.07) is 8.64. The number of thiol groups is 1. The molecule has 2 heteroatoms. The summed E-state index contributed by atoms with van der Waals surface area (Å²) in [6.07, 6.45) is 8.31. The molecule has 0 bridgehead atoms. The number of hydrogen-bond acceptors (Lipinski definition) is 2. The van der Waals surface area contributed by atoms with E-state index in [9.17, 15) is 0 Å². The maximum Gasteiger partial charge on any atom is 0.0439 e. The molecule has 1 aliphatic heterocycles. The first-order valence-corrected chi connectivity index (χ1v) is 6.66. The van der Waals surface area contributed by atoms with Crippen molar-refractivity contribution in [1.82, 2.24) is 0 Å². The SMILES string of the molecule is SCC=Cc1ccccc1N1CCCCC1. The average molecular weight is 233 g/mol. The van der Waals surface area contributed by atoms with Crippen molar-refractivity contribution in [2.75, 3.05) is 23.7 Å². The maximum absolute atomic E-state index is 4.21. The molecular weight excluding hydrogens is 214 g/mol. The zero-order valence-electron chi connectivity index (χ0n) is 9.60. The molecule has 1 aliphatic rings. The summed E-state index contributed by atoms with van der Waals surface area (Å²) in [5.41, 5.74) is 2.69. The summed E-state index contributed by atoms with van der Waals surface area (Å²) in [5, 5.41) is 0. The second-order valence-corrected chi connectivity index (χ2v) is 4.56. The molecule has 0 radical (unpaired) electrons. The van der Waals surface area contributed by atoms with Crippen molar-refractivity contribution in [3.63, 3.8) is 0 Å². The fourth-order valence-electron chi connectivity index (χ4n) is 2.23. The zero-order valence-corrected chi connectivity index (χ0v) is 10.5. The summed E-state index contributed by atoms with van der Waals surface area (Å²) in [4.78, 5) is 2.50. The molecule has 0 unspecified atom stereocenters. The molecule has 0 aliphatic carbocycles. The minimum absolute atomic E-state index is 0.800. The summed E-state index contributed by atoms with van der Waals surface area (Å²) in [6.45, 7) is 2.40. The molecule has 1 saturated heterocycles. The van der Waals surface area contributed by atoms with Crippen LogP contribution in [-0.2, 0) is 0 Å². The van der Waals surface area contributed by atoms with Crippen LogP contribution >= 0.6 is 12.6 Å². The van der Waals surface area contributed by atoms with E-state index < -0.39 is 0 Å². The van der Waals surface area contributed by atoms with Crippen LogP contribution in [0.2, 0.25) is 0 Å². The standard InChI is InChI=1S/C14H19NS/c16-12-6-8-13-7-2-3-9-14(13)15-10-4-1-5-11-15/h2-3,6-9,16H,1,4-5,10-12H2. The zero-order chi connectivity index (χ0) is 11.2. The first-order chi connectivity index (χ1) is 7.92. The van der Waals surface area contributed by atoms with Gasteiger partial charge in [0.15, 0.2) is 0 Å². The average Bonchev–Trinajstić information content (AvgIpc) is 2.38. The van der Waals surface area contributed by atoms with E-state index in [-0.39, 0.29) is 0 Å². The van der Waals surface area contributed by atoms with Crippen LogP contribution in [0, 0.1) is 0 Å². The highest BCUT2D eigenvalue weighted by molar-refractivity contribution is 7.80. The minimum Gasteiger partial charge on any atom is -0.371 e. The number of benzene rings is 1. The fraction of sp³-hybridized carbons (Fsp3) is 0.429. The molecule has 86 valence electrons. The van der Waals surface area contributed by atoms with Crippen LogP contribution in [0.4, 0.5) is 5.69 Å². The minimum atomic E-state index is 0.800. The largest absolute Gasteiger partial charge is 0.371 e. The van der Waals surface area contributed by atoms with Crippen LogP contribution < -0.4 is 4.90 Å². The molecular formula is C14H19NS. The topological polar surface area (TPSA) is 3.24 Å². The number of nitrogens with zero attached hydrogens (tertiary/aromatic N) is 1. The fourth-order valence-corrected chi connectivity index (χ4v) is 2.34. The summed E-state index contributed by atoms with van der Waals surface area (Å²) >= 11 is 4.21. The first-order valence-electron chi connectivity index (χ1n) is 6.03. The third kappa shape index (κ3) is 2.82. The molecule has 1 heterocycles. The van der Waals surface area contributed by atoms with Crippen LogP contribution in [-0.4, -0.2) is 18.8 Å². The Labute approximate surface area is 104 Å². The molecule has 0 saturated carbocycles. The molecule has 16 heavy (non-hydrogen) atoms. The van der Waals surface area contributed by atoms with Crippen molar-refractivity contribution in [1.29, 1.82) is 0 Å². The molecule has 0 aromatic heterocycles. The molecule has 1 aromatic carbocycles. The molecule has 1 nitrogen and oxygen atoms in total. The number of anilines is 1. The van der Waals surface area contributed by atoms with Crippen molar-refractivity contribution >= 4 is 24.4 Å². The van der Waals surface area contributed by atoms with Gasteiger partial charge in [-0.3, -0.25) is 0 Å². The Morgan fingerprint density at radius 2 is 1.88 bits per heavy atom. The lowest BCUT2D eigenvalue weighted by molar-refractivity contribution is 0.577. The van der Waals surface area contributed by atoms with Crippen molar-refractivity contribution < 1.29 is 0 Å². The van der Waals surface area contributed by atoms with Crippen molar-refractivity contribution in [3.05, 3.63) is 35.9 Å². The normalized spacial score (nSPS) is 16.9. The summed E-state index contributed by atoms with van der Waals surface area (Å²) in [7, 11) is 0. The quantitative estimate of drug-likeness (QED) is 0.780. The lowest BCUT2D eigenvalue weighted by Gasteiger charge is -2.30. The molecule has 1 fully saturated rings. The van der Waals surface area contributed by atoms with Crippen molar-refractivity contribution in [2.24, 2.45) is 0 Å². The summed E-state index contributed by atoms with van der Waals surface area (Å²) < 4.78 is 0. The predicted molar refractivity (Wildman–Crippen MR) is 75.4 cm³/mol. The Morgan fingerprint density at radius 1 is 1.12 bits per heavy atom. The third-order valence-electron chi connectivity index (χ3n) is 3.04. The van der Waals surface area contributed by atoms with E-state index in [1.165, 1.54) is 43.6 Å². The summed E-state index contributed by atoms with van der Waals surface area (Å²) in [5.74, 6) is 0.800. The van der Waals surface area contributed by atoms with Crippen molar-refractivity contribution in [2.45, 2.75) is 19.3 Å². The van der Waals surface area contributed by atoms with Gasteiger partial charge in [0.25, 0.3) is 0 Å². The number of piperidine rings is 1. The highest BCUT2D eigenvalue weighted by atomic mass is 32.1. The second-order valence-electron chi connectivity index (χ2n) is 4.19. The van der Waals surface area contributed by atoms with Gasteiger partial charge in [0.05, 0.1) is 0 Å². The number of hydrogen-bond donors (Lipinski definition) is 1. The lowest BCUT2D eigenvalue weighted by Crippen LogP contribution is -2.29. The van der Waals surface area contributed by atoms with E-state index in [4.69, 9.17) is 0 Å². The molecule has 2 rings (SSSR count).